The van der Waals surface area contributed by atoms with Gasteiger partial charge in [-0.25, -0.2) is 0 Å². The number of para-hydroxylation sites is 2. The second-order valence-corrected chi connectivity index (χ2v) is 8.73. The van der Waals surface area contributed by atoms with E-state index in [2.05, 4.69) is 16.0 Å². The Balaban J connectivity index is 1.19. The summed E-state index contributed by atoms with van der Waals surface area (Å²) < 4.78 is 0. The van der Waals surface area contributed by atoms with Gasteiger partial charge in [-0.2, -0.15) is 0 Å². The minimum atomic E-state index is -0.328. The number of nitrogens with zero attached hydrogens (tertiary/aromatic N) is 1. The standard InChI is InChI=1S/C28H24N4O4/c33-25(16-7-18-5-8-19(9-6-18)27(35)30-22-14-15-22)29-21-12-10-20(11-13-21)28(36)32-17-26(34)31-23-3-1-2-4-24(23)32/h1-13,16,22H,14-15,17H2,(H,29,33)(H,30,35)(H,31,34)/b16-7+. The molecule has 0 saturated heterocycles. The van der Waals surface area contributed by atoms with Gasteiger partial charge in [-0.3, -0.25) is 24.1 Å². The van der Waals surface area contributed by atoms with E-state index in [-0.39, 0.29) is 30.2 Å². The number of nitrogens with one attached hydrogen (secondary N) is 3. The van der Waals surface area contributed by atoms with Crippen molar-refractivity contribution in [3.8, 4) is 0 Å². The third-order valence-corrected chi connectivity index (χ3v) is 5.93. The maximum absolute atomic E-state index is 13.0. The Morgan fingerprint density at radius 2 is 1.58 bits per heavy atom. The van der Waals surface area contributed by atoms with Gasteiger partial charge in [0.2, 0.25) is 11.8 Å². The fourth-order valence-corrected chi connectivity index (χ4v) is 3.86. The molecule has 3 aromatic rings. The van der Waals surface area contributed by atoms with Gasteiger partial charge in [-0.15, -0.1) is 0 Å². The molecule has 1 saturated carbocycles. The minimum absolute atomic E-state index is 0.0642. The average Bonchev–Trinajstić information content (AvgIpc) is 3.71. The predicted molar refractivity (Wildman–Crippen MR) is 138 cm³/mol. The Hall–Kier alpha value is -4.72. The van der Waals surface area contributed by atoms with E-state index in [1.54, 1.807) is 72.8 Å². The lowest BCUT2D eigenvalue weighted by molar-refractivity contribution is -0.115. The number of rotatable bonds is 6. The van der Waals surface area contributed by atoms with Crippen LogP contribution >= 0.6 is 0 Å². The third kappa shape index (κ3) is 5.33. The molecule has 3 aromatic carbocycles. The van der Waals surface area contributed by atoms with Crippen LogP contribution in [-0.4, -0.2) is 36.2 Å². The van der Waals surface area contributed by atoms with Crippen LogP contribution in [-0.2, 0) is 9.59 Å². The van der Waals surface area contributed by atoms with Crippen molar-refractivity contribution in [2.24, 2.45) is 0 Å². The van der Waals surface area contributed by atoms with Gasteiger partial charge in [0.15, 0.2) is 0 Å². The van der Waals surface area contributed by atoms with E-state index in [0.717, 1.165) is 18.4 Å². The molecule has 1 aliphatic carbocycles. The van der Waals surface area contributed by atoms with Gasteiger partial charge in [0.1, 0.15) is 6.54 Å². The molecule has 2 aliphatic rings. The lowest BCUT2D eigenvalue weighted by atomic mass is 10.1. The van der Waals surface area contributed by atoms with E-state index in [1.807, 2.05) is 6.07 Å². The van der Waals surface area contributed by atoms with Crippen molar-refractivity contribution in [1.29, 1.82) is 0 Å². The molecule has 8 nitrogen and oxygen atoms in total. The molecule has 0 atom stereocenters. The number of hydrogen-bond acceptors (Lipinski definition) is 4. The highest BCUT2D eigenvalue weighted by Crippen LogP contribution is 2.30. The minimum Gasteiger partial charge on any atom is -0.349 e. The third-order valence-electron chi connectivity index (χ3n) is 5.93. The number of amides is 4. The molecule has 8 heteroatoms. The van der Waals surface area contributed by atoms with Crippen molar-refractivity contribution < 1.29 is 19.2 Å². The highest BCUT2D eigenvalue weighted by molar-refractivity contribution is 6.15. The number of carbonyl (C=O) groups is 4. The smallest absolute Gasteiger partial charge is 0.258 e. The van der Waals surface area contributed by atoms with Crippen LogP contribution < -0.4 is 20.9 Å². The lowest BCUT2D eigenvalue weighted by Crippen LogP contribution is -2.42. The molecule has 5 rings (SSSR count). The van der Waals surface area contributed by atoms with Crippen LogP contribution in [0.1, 0.15) is 39.1 Å². The van der Waals surface area contributed by atoms with Crippen molar-refractivity contribution in [3.05, 3.63) is 95.6 Å². The van der Waals surface area contributed by atoms with Crippen molar-refractivity contribution >= 4 is 46.8 Å². The molecule has 1 heterocycles. The first-order valence-electron chi connectivity index (χ1n) is 11.7. The lowest BCUT2D eigenvalue weighted by Gasteiger charge is -2.29. The molecule has 0 spiro atoms. The summed E-state index contributed by atoms with van der Waals surface area (Å²) in [7, 11) is 0. The van der Waals surface area contributed by atoms with Gasteiger partial charge < -0.3 is 16.0 Å². The van der Waals surface area contributed by atoms with Crippen LogP contribution in [0.4, 0.5) is 17.1 Å². The highest BCUT2D eigenvalue weighted by atomic mass is 16.2. The molecule has 36 heavy (non-hydrogen) atoms. The number of carbonyl (C=O) groups excluding carboxylic acids is 4. The number of fused-ring (bicyclic) bond motifs is 1. The maximum atomic E-state index is 13.0. The highest BCUT2D eigenvalue weighted by Gasteiger charge is 2.27. The van der Waals surface area contributed by atoms with Crippen molar-refractivity contribution in [2.45, 2.75) is 18.9 Å². The summed E-state index contributed by atoms with van der Waals surface area (Å²) in [5, 5.41) is 8.46. The van der Waals surface area contributed by atoms with Crippen LogP contribution in [0.15, 0.2) is 78.9 Å². The van der Waals surface area contributed by atoms with Crippen LogP contribution in [0.3, 0.4) is 0 Å². The molecule has 0 aromatic heterocycles. The summed E-state index contributed by atoms with van der Waals surface area (Å²) in [4.78, 5) is 50.9. The van der Waals surface area contributed by atoms with E-state index in [4.69, 9.17) is 0 Å². The zero-order chi connectivity index (χ0) is 25.1. The molecule has 4 amide bonds. The molecule has 0 unspecified atom stereocenters. The van der Waals surface area contributed by atoms with Crippen molar-refractivity contribution in [1.82, 2.24) is 5.32 Å². The Morgan fingerprint density at radius 3 is 2.31 bits per heavy atom. The fourth-order valence-electron chi connectivity index (χ4n) is 3.86. The van der Waals surface area contributed by atoms with Gasteiger partial charge >= 0.3 is 0 Å². The second kappa shape index (κ2) is 9.87. The van der Waals surface area contributed by atoms with E-state index < -0.39 is 0 Å². The van der Waals surface area contributed by atoms with Gasteiger partial charge in [-0.05, 0) is 73.0 Å². The normalized spacial score (nSPS) is 14.7. The summed E-state index contributed by atoms with van der Waals surface area (Å²) in [6, 6.07) is 21.0. The zero-order valence-corrected chi connectivity index (χ0v) is 19.4. The van der Waals surface area contributed by atoms with E-state index >= 15 is 0 Å². The quantitative estimate of drug-likeness (QED) is 0.466. The predicted octanol–water partition coefficient (Wildman–Crippen LogP) is 3.83. The van der Waals surface area contributed by atoms with Crippen LogP contribution in [0.5, 0.6) is 0 Å². The van der Waals surface area contributed by atoms with Gasteiger partial charge in [0, 0.05) is 28.9 Å². The molecular formula is C28H24N4O4. The Morgan fingerprint density at radius 1 is 0.889 bits per heavy atom. The Labute approximate surface area is 208 Å². The van der Waals surface area contributed by atoms with Gasteiger partial charge in [-0.1, -0.05) is 24.3 Å². The number of anilines is 3. The zero-order valence-electron chi connectivity index (χ0n) is 19.4. The average molecular weight is 481 g/mol. The van der Waals surface area contributed by atoms with E-state index in [9.17, 15) is 19.2 Å². The molecule has 1 fully saturated rings. The first kappa shape index (κ1) is 23.0. The summed E-state index contributed by atoms with van der Waals surface area (Å²) in [5.41, 5.74) is 3.55. The van der Waals surface area contributed by atoms with E-state index in [0.29, 0.717) is 34.2 Å². The first-order valence-corrected chi connectivity index (χ1v) is 11.7. The number of benzene rings is 3. The molecule has 1 aliphatic heterocycles. The van der Waals surface area contributed by atoms with E-state index in [1.165, 1.54) is 11.0 Å². The summed E-state index contributed by atoms with van der Waals surface area (Å²) in [6.07, 6.45) is 5.13. The SMILES string of the molecule is O=C(/C=C/c1ccc(C(=O)NC2CC2)cc1)Nc1ccc(C(=O)N2CC(=O)Nc3ccccc32)cc1. The monoisotopic (exact) mass is 480 g/mol. The van der Waals surface area contributed by atoms with Gasteiger partial charge in [0.25, 0.3) is 11.8 Å². The van der Waals surface area contributed by atoms with Crippen LogP contribution in [0.25, 0.3) is 6.08 Å². The fraction of sp³-hybridized carbons (Fsp3) is 0.143. The van der Waals surface area contributed by atoms with Crippen molar-refractivity contribution in [2.75, 3.05) is 22.1 Å². The molecule has 180 valence electrons. The summed E-state index contributed by atoms with van der Waals surface area (Å²) in [6.45, 7) is -0.0642. The maximum Gasteiger partial charge on any atom is 0.258 e. The largest absolute Gasteiger partial charge is 0.349 e. The first-order chi connectivity index (χ1) is 17.5. The second-order valence-electron chi connectivity index (χ2n) is 8.73. The van der Waals surface area contributed by atoms with Crippen LogP contribution in [0, 0.1) is 0 Å². The Kier molecular flexibility index (Phi) is 6.32. The topological polar surface area (TPSA) is 108 Å². The van der Waals surface area contributed by atoms with Crippen LogP contribution in [0.2, 0.25) is 0 Å². The molecule has 0 bridgehead atoms. The number of hydrogen-bond donors (Lipinski definition) is 3. The van der Waals surface area contributed by atoms with Gasteiger partial charge in [0.05, 0.1) is 11.4 Å². The molecule has 3 N–H and O–H groups in total. The summed E-state index contributed by atoms with van der Waals surface area (Å²) >= 11 is 0. The van der Waals surface area contributed by atoms with Crippen molar-refractivity contribution in [3.63, 3.8) is 0 Å². The summed E-state index contributed by atoms with van der Waals surface area (Å²) in [5.74, 6) is -0.968. The molecular weight excluding hydrogens is 456 g/mol. The Bertz CT molecular complexity index is 1360. The molecule has 0 radical (unpaired) electrons.